The van der Waals surface area contributed by atoms with E-state index in [4.69, 9.17) is 4.74 Å². The van der Waals surface area contributed by atoms with Gasteiger partial charge in [-0.15, -0.1) is 10.2 Å². The second-order valence-electron chi connectivity index (χ2n) is 4.67. The first kappa shape index (κ1) is 16.8. The molecule has 0 bridgehead atoms. The SMILES string of the molecule is CCCNc1nnc(SCc2cc(C(C)=O)ccc2OC)s1. The molecule has 0 saturated heterocycles. The van der Waals surface area contributed by atoms with E-state index in [2.05, 4.69) is 22.4 Å². The van der Waals surface area contributed by atoms with Gasteiger partial charge in [-0.1, -0.05) is 30.0 Å². The smallest absolute Gasteiger partial charge is 0.206 e. The van der Waals surface area contributed by atoms with Crippen LogP contribution in [-0.4, -0.2) is 29.6 Å². The van der Waals surface area contributed by atoms with Crippen molar-refractivity contribution in [1.82, 2.24) is 10.2 Å². The van der Waals surface area contributed by atoms with Gasteiger partial charge in [0.25, 0.3) is 0 Å². The van der Waals surface area contributed by atoms with Crippen molar-refractivity contribution < 1.29 is 9.53 Å². The number of aromatic nitrogens is 2. The number of rotatable bonds is 8. The van der Waals surface area contributed by atoms with Gasteiger partial charge in [-0.25, -0.2) is 0 Å². The third-order valence-electron chi connectivity index (χ3n) is 2.97. The van der Waals surface area contributed by atoms with E-state index >= 15 is 0 Å². The van der Waals surface area contributed by atoms with Crippen LogP contribution in [0, 0.1) is 0 Å². The molecule has 2 aromatic rings. The van der Waals surface area contributed by atoms with E-state index in [1.807, 2.05) is 12.1 Å². The molecular weight excluding hydrogens is 318 g/mol. The van der Waals surface area contributed by atoms with Crippen molar-refractivity contribution in [2.75, 3.05) is 19.0 Å². The van der Waals surface area contributed by atoms with Gasteiger partial charge >= 0.3 is 0 Å². The van der Waals surface area contributed by atoms with Gasteiger partial charge < -0.3 is 10.1 Å². The number of nitrogens with zero attached hydrogens (tertiary/aromatic N) is 2. The lowest BCUT2D eigenvalue weighted by Gasteiger charge is -2.08. The van der Waals surface area contributed by atoms with Gasteiger partial charge in [0.2, 0.25) is 5.13 Å². The minimum absolute atomic E-state index is 0.0517. The zero-order chi connectivity index (χ0) is 15.9. The molecule has 0 saturated carbocycles. The molecule has 5 nitrogen and oxygen atoms in total. The predicted octanol–water partition coefficient (Wildman–Crippen LogP) is 3.86. The van der Waals surface area contributed by atoms with Crippen LogP contribution in [-0.2, 0) is 5.75 Å². The molecule has 0 aliphatic heterocycles. The number of ether oxygens (including phenoxy) is 1. The number of methoxy groups -OCH3 is 1. The van der Waals surface area contributed by atoms with Crippen LogP contribution >= 0.6 is 23.1 Å². The normalized spacial score (nSPS) is 10.5. The number of Topliss-reactive ketones (excluding diaryl/α,β-unsaturated/α-hetero) is 1. The Hall–Kier alpha value is -1.60. The fourth-order valence-corrected chi connectivity index (χ4v) is 3.58. The molecule has 0 aliphatic rings. The highest BCUT2D eigenvalue weighted by Gasteiger charge is 2.10. The lowest BCUT2D eigenvalue weighted by atomic mass is 10.1. The topological polar surface area (TPSA) is 64.1 Å². The van der Waals surface area contributed by atoms with E-state index < -0.39 is 0 Å². The third-order valence-corrected chi connectivity index (χ3v) is 5.03. The number of thioether (sulfide) groups is 1. The summed E-state index contributed by atoms with van der Waals surface area (Å²) in [6.45, 7) is 4.57. The number of anilines is 1. The third kappa shape index (κ3) is 4.45. The van der Waals surface area contributed by atoms with Gasteiger partial charge in [0.1, 0.15) is 5.75 Å². The van der Waals surface area contributed by atoms with E-state index in [0.717, 1.165) is 33.7 Å². The van der Waals surface area contributed by atoms with Gasteiger partial charge in [0.05, 0.1) is 7.11 Å². The number of carbonyl (C=O) groups excluding carboxylic acids is 1. The lowest BCUT2D eigenvalue weighted by Crippen LogP contribution is -1.98. The Bertz CT molecular complexity index is 643. The number of carbonyl (C=O) groups is 1. The zero-order valence-corrected chi connectivity index (χ0v) is 14.5. The Kier molecular flexibility index (Phi) is 6.21. The highest BCUT2D eigenvalue weighted by molar-refractivity contribution is 8.00. The molecule has 2 rings (SSSR count). The summed E-state index contributed by atoms with van der Waals surface area (Å²) in [6.07, 6.45) is 1.05. The van der Waals surface area contributed by atoms with E-state index in [1.54, 1.807) is 31.9 Å². The summed E-state index contributed by atoms with van der Waals surface area (Å²) < 4.78 is 6.25. The summed E-state index contributed by atoms with van der Waals surface area (Å²) in [7, 11) is 1.63. The molecule has 22 heavy (non-hydrogen) atoms. The molecule has 1 heterocycles. The van der Waals surface area contributed by atoms with Crippen molar-refractivity contribution in [3.63, 3.8) is 0 Å². The Morgan fingerprint density at radius 2 is 2.23 bits per heavy atom. The van der Waals surface area contributed by atoms with Crippen LogP contribution in [0.4, 0.5) is 5.13 Å². The average Bonchev–Trinajstić information content (AvgIpc) is 2.98. The number of ketones is 1. The van der Waals surface area contributed by atoms with Gasteiger partial charge in [-0.3, -0.25) is 4.79 Å². The Morgan fingerprint density at radius 1 is 1.41 bits per heavy atom. The fourth-order valence-electron chi connectivity index (χ4n) is 1.82. The van der Waals surface area contributed by atoms with Crippen LogP contribution in [0.1, 0.15) is 36.2 Å². The highest BCUT2D eigenvalue weighted by Crippen LogP contribution is 2.31. The molecule has 0 atom stereocenters. The summed E-state index contributed by atoms with van der Waals surface area (Å²) >= 11 is 3.13. The van der Waals surface area contributed by atoms with E-state index in [1.165, 1.54) is 11.3 Å². The van der Waals surface area contributed by atoms with Crippen molar-refractivity contribution in [2.45, 2.75) is 30.4 Å². The van der Waals surface area contributed by atoms with E-state index in [-0.39, 0.29) is 5.78 Å². The minimum Gasteiger partial charge on any atom is -0.496 e. The molecule has 0 aliphatic carbocycles. The number of benzene rings is 1. The van der Waals surface area contributed by atoms with Crippen LogP contribution in [0.25, 0.3) is 0 Å². The first-order valence-electron chi connectivity index (χ1n) is 7.02. The Morgan fingerprint density at radius 3 is 2.91 bits per heavy atom. The van der Waals surface area contributed by atoms with Crippen LogP contribution in [0.15, 0.2) is 22.5 Å². The number of hydrogen-bond donors (Lipinski definition) is 1. The molecule has 0 unspecified atom stereocenters. The van der Waals surface area contributed by atoms with E-state index in [0.29, 0.717) is 11.3 Å². The van der Waals surface area contributed by atoms with Crippen LogP contribution in [0.3, 0.4) is 0 Å². The summed E-state index contributed by atoms with van der Waals surface area (Å²) in [5.74, 6) is 1.52. The molecular formula is C15H19N3O2S2. The summed E-state index contributed by atoms with van der Waals surface area (Å²) in [5.41, 5.74) is 1.68. The van der Waals surface area contributed by atoms with Crippen LogP contribution in [0.5, 0.6) is 5.75 Å². The fraction of sp³-hybridized carbons (Fsp3) is 0.400. The molecule has 7 heteroatoms. The average molecular weight is 337 g/mol. The quantitative estimate of drug-likeness (QED) is 0.583. The predicted molar refractivity (Wildman–Crippen MR) is 91.2 cm³/mol. The largest absolute Gasteiger partial charge is 0.496 e. The number of hydrogen-bond acceptors (Lipinski definition) is 7. The first-order chi connectivity index (χ1) is 10.6. The van der Waals surface area contributed by atoms with Gasteiger partial charge in [-0.2, -0.15) is 0 Å². The van der Waals surface area contributed by atoms with Crippen molar-refractivity contribution in [3.05, 3.63) is 29.3 Å². The standard InChI is InChI=1S/C15H19N3O2S2/c1-4-7-16-14-17-18-15(22-14)21-9-12-8-11(10(2)19)5-6-13(12)20-3/h5-6,8H,4,7,9H2,1-3H3,(H,16,17). The van der Waals surface area contributed by atoms with E-state index in [9.17, 15) is 4.79 Å². The first-order valence-corrected chi connectivity index (χ1v) is 8.82. The molecule has 1 aromatic carbocycles. The van der Waals surface area contributed by atoms with Crippen molar-refractivity contribution in [3.8, 4) is 5.75 Å². The second kappa shape index (κ2) is 8.14. The molecule has 0 spiro atoms. The molecule has 0 fully saturated rings. The van der Waals surface area contributed by atoms with Crippen molar-refractivity contribution >= 4 is 34.0 Å². The summed E-state index contributed by atoms with van der Waals surface area (Å²) in [6, 6.07) is 5.50. The highest BCUT2D eigenvalue weighted by atomic mass is 32.2. The maximum atomic E-state index is 11.5. The molecule has 0 amide bonds. The van der Waals surface area contributed by atoms with Gasteiger partial charge in [-0.05, 0) is 31.5 Å². The number of nitrogens with one attached hydrogen (secondary N) is 1. The Labute approximate surface area is 138 Å². The molecule has 118 valence electrons. The summed E-state index contributed by atoms with van der Waals surface area (Å²) in [5, 5.41) is 12.3. The summed E-state index contributed by atoms with van der Waals surface area (Å²) in [4.78, 5) is 11.5. The zero-order valence-electron chi connectivity index (χ0n) is 12.9. The van der Waals surface area contributed by atoms with Gasteiger partial charge in [0, 0.05) is 23.4 Å². The van der Waals surface area contributed by atoms with Crippen LogP contribution in [0.2, 0.25) is 0 Å². The van der Waals surface area contributed by atoms with Crippen molar-refractivity contribution in [1.29, 1.82) is 0 Å². The Balaban J connectivity index is 2.05. The monoisotopic (exact) mass is 337 g/mol. The van der Waals surface area contributed by atoms with Crippen LogP contribution < -0.4 is 10.1 Å². The molecule has 1 N–H and O–H groups in total. The second-order valence-corrected chi connectivity index (χ2v) is 6.87. The lowest BCUT2D eigenvalue weighted by molar-refractivity contribution is 0.101. The maximum absolute atomic E-state index is 11.5. The minimum atomic E-state index is 0.0517. The maximum Gasteiger partial charge on any atom is 0.206 e. The van der Waals surface area contributed by atoms with Crippen molar-refractivity contribution in [2.24, 2.45) is 0 Å². The molecule has 0 radical (unpaired) electrons. The molecule has 1 aromatic heterocycles. The van der Waals surface area contributed by atoms with Gasteiger partial charge in [0.15, 0.2) is 10.1 Å².